The lowest BCUT2D eigenvalue weighted by Crippen LogP contribution is -2.51. The van der Waals surface area contributed by atoms with E-state index in [0.29, 0.717) is 11.9 Å². The highest BCUT2D eigenvalue weighted by Gasteiger charge is 2.39. The Balaban J connectivity index is 2.12. The van der Waals surface area contributed by atoms with Gasteiger partial charge in [-0.15, -0.1) is 0 Å². The Morgan fingerprint density at radius 1 is 1.71 bits per heavy atom. The van der Waals surface area contributed by atoms with Gasteiger partial charge in [-0.05, 0) is 13.8 Å². The molecule has 0 bridgehead atoms. The van der Waals surface area contributed by atoms with Crippen LogP contribution in [0.1, 0.15) is 13.8 Å². The lowest BCUT2D eigenvalue weighted by atomic mass is 10.0. The van der Waals surface area contributed by atoms with Gasteiger partial charge in [-0.2, -0.15) is 11.8 Å². The van der Waals surface area contributed by atoms with E-state index in [-0.39, 0.29) is 10.3 Å². The summed E-state index contributed by atoms with van der Waals surface area (Å²) in [7, 11) is 0. The predicted molar refractivity (Wildman–Crippen MR) is 58.8 cm³/mol. The Hall–Kier alpha value is -0.970. The van der Waals surface area contributed by atoms with Crippen LogP contribution in [0.4, 0.5) is 5.82 Å². The van der Waals surface area contributed by atoms with E-state index < -0.39 is 0 Å². The van der Waals surface area contributed by atoms with Gasteiger partial charge < -0.3 is 10.3 Å². The quantitative estimate of drug-likeness (QED) is 0.768. The molecular weight excluding hydrogens is 198 g/mol. The lowest BCUT2D eigenvalue weighted by Gasteiger charge is -2.43. The second kappa shape index (κ2) is 3.31. The fourth-order valence-electron chi connectivity index (χ4n) is 1.34. The van der Waals surface area contributed by atoms with Gasteiger partial charge in [0.15, 0.2) is 5.82 Å². The normalized spacial score (nSPS) is 24.0. The van der Waals surface area contributed by atoms with Crippen molar-refractivity contribution in [3.8, 4) is 0 Å². The van der Waals surface area contributed by atoms with Crippen LogP contribution in [0.2, 0.25) is 0 Å². The van der Waals surface area contributed by atoms with Crippen molar-refractivity contribution < 1.29 is 0 Å². The van der Waals surface area contributed by atoms with Crippen molar-refractivity contribution in [1.82, 2.24) is 9.97 Å². The molecule has 0 radical (unpaired) electrons. The lowest BCUT2D eigenvalue weighted by molar-refractivity contribution is 0.574. The van der Waals surface area contributed by atoms with E-state index in [9.17, 15) is 4.79 Å². The van der Waals surface area contributed by atoms with Crippen molar-refractivity contribution in [1.29, 1.82) is 0 Å². The summed E-state index contributed by atoms with van der Waals surface area (Å²) in [6.45, 7) is 4.33. The number of aromatic amines is 1. The predicted octanol–water partition coefficient (Wildman–Crippen LogP) is 1.08. The fraction of sp³-hybridized carbons (Fsp3) is 0.556. The van der Waals surface area contributed by atoms with Crippen LogP contribution in [0, 0.1) is 0 Å². The summed E-state index contributed by atoms with van der Waals surface area (Å²) in [5, 5.41) is 3.16. The maximum atomic E-state index is 11.3. The summed E-state index contributed by atoms with van der Waals surface area (Å²) in [6.07, 6.45) is 3.12. The minimum atomic E-state index is -0.153. The van der Waals surface area contributed by atoms with Gasteiger partial charge >= 0.3 is 0 Å². The van der Waals surface area contributed by atoms with Crippen molar-refractivity contribution in [3.05, 3.63) is 22.7 Å². The van der Waals surface area contributed by atoms with Crippen molar-refractivity contribution in [3.63, 3.8) is 0 Å². The third-order valence-corrected chi connectivity index (χ3v) is 4.01. The van der Waals surface area contributed by atoms with Gasteiger partial charge in [-0.1, -0.05) is 0 Å². The number of anilines is 1. The number of aromatic nitrogens is 2. The average molecular weight is 211 g/mol. The number of nitrogens with zero attached hydrogens (tertiary/aromatic N) is 1. The first-order valence-electron chi connectivity index (χ1n) is 4.54. The molecule has 4 nitrogen and oxygen atoms in total. The Morgan fingerprint density at radius 2 is 2.50 bits per heavy atom. The number of rotatable bonds is 2. The second-order valence-electron chi connectivity index (χ2n) is 3.88. The molecule has 0 saturated carbocycles. The van der Waals surface area contributed by atoms with Crippen LogP contribution in [-0.2, 0) is 0 Å². The van der Waals surface area contributed by atoms with Crippen LogP contribution in [-0.4, -0.2) is 26.5 Å². The average Bonchev–Trinajstić information content (AvgIpc) is 2.15. The molecule has 1 aromatic heterocycles. The monoisotopic (exact) mass is 211 g/mol. The maximum absolute atomic E-state index is 11.3. The Labute approximate surface area is 86.5 Å². The summed E-state index contributed by atoms with van der Waals surface area (Å²) in [5.74, 6) is 1.45. The molecule has 1 aliphatic rings. The summed E-state index contributed by atoms with van der Waals surface area (Å²) < 4.78 is 0.198. The molecule has 1 saturated heterocycles. The Bertz CT molecular complexity index is 388. The first-order chi connectivity index (χ1) is 6.59. The summed E-state index contributed by atoms with van der Waals surface area (Å²) in [6, 6.07) is 0.337. The van der Waals surface area contributed by atoms with E-state index in [0.717, 1.165) is 5.75 Å². The van der Waals surface area contributed by atoms with Gasteiger partial charge in [0.25, 0.3) is 5.56 Å². The number of hydrogen-bond donors (Lipinski definition) is 2. The van der Waals surface area contributed by atoms with Crippen molar-refractivity contribution in [2.24, 2.45) is 0 Å². The number of nitrogens with one attached hydrogen (secondary N) is 2. The Morgan fingerprint density at radius 3 is 3.00 bits per heavy atom. The first kappa shape index (κ1) is 9.58. The van der Waals surface area contributed by atoms with E-state index in [4.69, 9.17) is 0 Å². The van der Waals surface area contributed by atoms with Gasteiger partial charge in [-0.3, -0.25) is 4.79 Å². The molecule has 5 heteroatoms. The molecule has 2 rings (SSSR count). The number of hydrogen-bond acceptors (Lipinski definition) is 4. The van der Waals surface area contributed by atoms with E-state index in [1.807, 2.05) is 11.8 Å². The Kier molecular flexibility index (Phi) is 2.26. The highest BCUT2D eigenvalue weighted by atomic mass is 32.2. The highest BCUT2D eigenvalue weighted by Crippen LogP contribution is 2.40. The molecule has 1 aliphatic heterocycles. The van der Waals surface area contributed by atoms with Crippen molar-refractivity contribution in [2.75, 3.05) is 11.1 Å². The molecule has 76 valence electrons. The molecule has 14 heavy (non-hydrogen) atoms. The third-order valence-electron chi connectivity index (χ3n) is 2.48. The number of H-pyrrole nitrogens is 1. The van der Waals surface area contributed by atoms with Crippen LogP contribution < -0.4 is 10.9 Å². The summed E-state index contributed by atoms with van der Waals surface area (Å²) >= 11 is 1.89. The van der Waals surface area contributed by atoms with Gasteiger partial charge in [-0.25, -0.2) is 4.98 Å². The molecule has 0 amide bonds. The second-order valence-corrected chi connectivity index (χ2v) is 5.55. The third kappa shape index (κ3) is 1.64. The molecule has 1 unspecified atom stereocenters. The zero-order valence-electron chi connectivity index (χ0n) is 8.20. The van der Waals surface area contributed by atoms with E-state index in [2.05, 4.69) is 29.1 Å². The van der Waals surface area contributed by atoms with Crippen LogP contribution in [0.3, 0.4) is 0 Å². The SMILES string of the molecule is CC1(C)SCC1Nc1ncc[nH]c1=O. The zero-order chi connectivity index (χ0) is 10.2. The van der Waals surface area contributed by atoms with E-state index >= 15 is 0 Å². The maximum Gasteiger partial charge on any atom is 0.290 e. The van der Waals surface area contributed by atoms with E-state index in [1.54, 1.807) is 6.20 Å². The zero-order valence-corrected chi connectivity index (χ0v) is 9.02. The smallest absolute Gasteiger partial charge is 0.290 e. The molecular formula is C9H13N3OS. The van der Waals surface area contributed by atoms with Crippen molar-refractivity contribution in [2.45, 2.75) is 24.6 Å². The topological polar surface area (TPSA) is 57.8 Å². The number of thioether (sulfide) groups is 1. The molecule has 2 heterocycles. The van der Waals surface area contributed by atoms with Gasteiger partial charge in [0.1, 0.15) is 0 Å². The minimum Gasteiger partial charge on any atom is -0.361 e. The summed E-state index contributed by atoms with van der Waals surface area (Å²) in [5.41, 5.74) is -0.153. The van der Waals surface area contributed by atoms with E-state index in [1.165, 1.54) is 6.20 Å². The van der Waals surface area contributed by atoms with Crippen LogP contribution in [0.5, 0.6) is 0 Å². The fourth-order valence-corrected chi connectivity index (χ4v) is 2.48. The molecule has 2 N–H and O–H groups in total. The van der Waals surface area contributed by atoms with Crippen LogP contribution in [0.25, 0.3) is 0 Å². The van der Waals surface area contributed by atoms with Gasteiger partial charge in [0.05, 0.1) is 6.04 Å². The van der Waals surface area contributed by atoms with Gasteiger partial charge in [0, 0.05) is 22.9 Å². The standard InChI is InChI=1S/C9H13N3OS/c1-9(2)6(5-14-9)12-7-8(13)11-4-3-10-7/h3-4,6H,5H2,1-2H3,(H,10,12)(H,11,13). The van der Waals surface area contributed by atoms with Gasteiger partial charge in [0.2, 0.25) is 0 Å². The van der Waals surface area contributed by atoms with Crippen LogP contribution >= 0.6 is 11.8 Å². The molecule has 0 aromatic carbocycles. The summed E-state index contributed by atoms with van der Waals surface area (Å²) in [4.78, 5) is 17.9. The minimum absolute atomic E-state index is 0.153. The molecule has 0 spiro atoms. The van der Waals surface area contributed by atoms with Crippen molar-refractivity contribution >= 4 is 17.6 Å². The molecule has 0 aliphatic carbocycles. The first-order valence-corrected chi connectivity index (χ1v) is 5.52. The largest absolute Gasteiger partial charge is 0.361 e. The molecule has 1 fully saturated rings. The highest BCUT2D eigenvalue weighted by molar-refractivity contribution is 8.02. The van der Waals surface area contributed by atoms with Crippen LogP contribution in [0.15, 0.2) is 17.2 Å². The molecule has 1 atom stereocenters. The molecule has 1 aromatic rings.